The Morgan fingerprint density at radius 1 is 0.424 bits per heavy atom. The predicted octanol–water partition coefficient (Wildman–Crippen LogP) is 12.7. The number of nitrogens with one attached hydrogen (secondary N) is 1. The molecule has 1 amide bonds. The third kappa shape index (κ3) is 38.9. The first-order valence-corrected chi connectivity index (χ1v) is 32.9. The first kappa shape index (κ1) is 77.2. The molecule has 0 aromatic carbocycles. The van der Waals surface area contributed by atoms with Gasteiger partial charge < -0.3 is 65.1 Å². The molecule has 85 heavy (non-hydrogen) atoms. The molecule has 14 heteroatoms. The van der Waals surface area contributed by atoms with Gasteiger partial charge in [0.15, 0.2) is 12.6 Å². The molecule has 0 aromatic rings. The molecule has 12 unspecified atom stereocenters. The van der Waals surface area contributed by atoms with Crippen LogP contribution in [0.15, 0.2) is 134 Å². The van der Waals surface area contributed by atoms with E-state index in [1.54, 1.807) is 6.08 Å². The fourth-order valence-electron chi connectivity index (χ4n) is 9.88. The zero-order valence-corrected chi connectivity index (χ0v) is 52.3. The molecule has 9 N–H and O–H groups in total. The first-order chi connectivity index (χ1) is 41.6. The summed E-state index contributed by atoms with van der Waals surface area (Å²) in [6.07, 6.45) is 64.0. The van der Waals surface area contributed by atoms with Gasteiger partial charge in [0.1, 0.15) is 48.8 Å². The van der Waals surface area contributed by atoms with Gasteiger partial charge in [0.25, 0.3) is 0 Å². The molecule has 2 saturated heterocycles. The molecule has 2 aliphatic rings. The average Bonchev–Trinajstić information content (AvgIpc) is 2.93. The van der Waals surface area contributed by atoms with Gasteiger partial charge in [0.05, 0.1) is 32.0 Å². The molecule has 14 nitrogen and oxygen atoms in total. The van der Waals surface area contributed by atoms with E-state index in [2.05, 4.69) is 141 Å². The largest absolute Gasteiger partial charge is 0.394 e. The number of unbranched alkanes of at least 4 members (excludes halogenated alkanes) is 18. The number of carbonyl (C=O) groups excluding carboxylic acids is 1. The van der Waals surface area contributed by atoms with Gasteiger partial charge in [-0.25, -0.2) is 0 Å². The van der Waals surface area contributed by atoms with Gasteiger partial charge in [-0.2, -0.15) is 0 Å². The Morgan fingerprint density at radius 2 is 0.788 bits per heavy atom. The van der Waals surface area contributed by atoms with Crippen molar-refractivity contribution in [2.24, 2.45) is 0 Å². The molecule has 484 valence electrons. The third-order valence-electron chi connectivity index (χ3n) is 15.1. The van der Waals surface area contributed by atoms with Gasteiger partial charge in [-0.15, -0.1) is 0 Å². The molecule has 0 aliphatic carbocycles. The van der Waals surface area contributed by atoms with Crippen LogP contribution in [0.5, 0.6) is 0 Å². The van der Waals surface area contributed by atoms with E-state index in [0.717, 1.165) is 96.3 Å². The van der Waals surface area contributed by atoms with Crippen molar-refractivity contribution in [1.82, 2.24) is 5.32 Å². The lowest BCUT2D eigenvalue weighted by Crippen LogP contribution is -2.65. The number of allylic oxidation sites excluding steroid dienone is 21. The van der Waals surface area contributed by atoms with Gasteiger partial charge in [-0.1, -0.05) is 237 Å². The second-order valence-electron chi connectivity index (χ2n) is 22.5. The highest BCUT2D eigenvalue weighted by Gasteiger charge is 2.51. The maximum absolute atomic E-state index is 13.2. The molecule has 0 radical (unpaired) electrons. The summed E-state index contributed by atoms with van der Waals surface area (Å²) >= 11 is 0. The topological polar surface area (TPSA) is 228 Å². The van der Waals surface area contributed by atoms with Crippen LogP contribution in [0.4, 0.5) is 0 Å². The number of ether oxygens (including phenoxy) is 4. The number of carbonyl (C=O) groups is 1. The van der Waals surface area contributed by atoms with Crippen molar-refractivity contribution in [3.8, 4) is 0 Å². The summed E-state index contributed by atoms with van der Waals surface area (Å²) in [5.74, 6) is -0.260. The van der Waals surface area contributed by atoms with Gasteiger partial charge in [-0.3, -0.25) is 4.79 Å². The number of aliphatic hydroxyl groups is 8. The van der Waals surface area contributed by atoms with E-state index in [1.807, 2.05) is 6.08 Å². The van der Waals surface area contributed by atoms with Crippen LogP contribution in [0.25, 0.3) is 0 Å². The number of aliphatic hydroxyl groups excluding tert-OH is 8. The highest BCUT2D eigenvalue weighted by atomic mass is 16.7. The first-order valence-electron chi connectivity index (χ1n) is 32.9. The van der Waals surface area contributed by atoms with Crippen molar-refractivity contribution in [2.75, 3.05) is 19.8 Å². The number of hydrogen-bond donors (Lipinski definition) is 9. The maximum atomic E-state index is 13.2. The van der Waals surface area contributed by atoms with E-state index < -0.39 is 86.8 Å². The Balaban J connectivity index is 1.56. The van der Waals surface area contributed by atoms with Crippen molar-refractivity contribution in [3.05, 3.63) is 134 Å². The molecular weight excluding hydrogens is 1070 g/mol. The predicted molar refractivity (Wildman–Crippen MR) is 345 cm³/mol. The highest BCUT2D eigenvalue weighted by Crippen LogP contribution is 2.30. The van der Waals surface area contributed by atoms with Gasteiger partial charge in [-0.05, 0) is 103 Å². The van der Waals surface area contributed by atoms with Crippen LogP contribution in [-0.4, -0.2) is 140 Å². The monoisotopic (exact) mass is 1190 g/mol. The Morgan fingerprint density at radius 3 is 1.25 bits per heavy atom. The smallest absolute Gasteiger partial charge is 0.220 e. The van der Waals surface area contributed by atoms with Crippen LogP contribution in [0.2, 0.25) is 0 Å². The Hall–Kier alpha value is -3.87. The summed E-state index contributed by atoms with van der Waals surface area (Å²) in [5, 5.41) is 86.9. The molecule has 0 bridgehead atoms. The Bertz CT molecular complexity index is 1940. The van der Waals surface area contributed by atoms with E-state index in [-0.39, 0.29) is 18.9 Å². The zero-order chi connectivity index (χ0) is 61.6. The summed E-state index contributed by atoms with van der Waals surface area (Å²) in [4.78, 5) is 13.2. The highest BCUT2D eigenvalue weighted by molar-refractivity contribution is 5.76. The number of amides is 1. The van der Waals surface area contributed by atoms with Crippen LogP contribution >= 0.6 is 0 Å². The molecule has 12 atom stereocenters. The second kappa shape index (κ2) is 54.3. The number of hydrogen-bond acceptors (Lipinski definition) is 13. The van der Waals surface area contributed by atoms with E-state index in [1.165, 1.54) is 83.5 Å². The van der Waals surface area contributed by atoms with Crippen LogP contribution in [-0.2, 0) is 23.7 Å². The Kier molecular flexibility index (Phi) is 49.3. The molecular formula is C71H117NO13. The average molecular weight is 1190 g/mol. The van der Waals surface area contributed by atoms with Crippen LogP contribution < -0.4 is 5.32 Å². The van der Waals surface area contributed by atoms with E-state index in [4.69, 9.17) is 18.9 Å². The van der Waals surface area contributed by atoms with Gasteiger partial charge in [0, 0.05) is 6.42 Å². The van der Waals surface area contributed by atoms with Crippen LogP contribution in [0, 0.1) is 0 Å². The zero-order valence-electron chi connectivity index (χ0n) is 52.3. The van der Waals surface area contributed by atoms with Gasteiger partial charge >= 0.3 is 0 Å². The summed E-state index contributed by atoms with van der Waals surface area (Å²) in [5.41, 5.74) is 0. The third-order valence-corrected chi connectivity index (χ3v) is 15.1. The van der Waals surface area contributed by atoms with Crippen LogP contribution in [0.3, 0.4) is 0 Å². The van der Waals surface area contributed by atoms with Crippen molar-refractivity contribution in [3.63, 3.8) is 0 Å². The van der Waals surface area contributed by atoms with E-state index in [0.29, 0.717) is 12.8 Å². The summed E-state index contributed by atoms with van der Waals surface area (Å²) in [7, 11) is 0. The second-order valence-corrected chi connectivity index (χ2v) is 22.5. The van der Waals surface area contributed by atoms with E-state index >= 15 is 0 Å². The molecule has 0 aromatic heterocycles. The lowest BCUT2D eigenvalue weighted by atomic mass is 9.97. The molecule has 0 spiro atoms. The molecule has 2 rings (SSSR count). The number of rotatable bonds is 51. The summed E-state index contributed by atoms with van der Waals surface area (Å²) < 4.78 is 22.7. The van der Waals surface area contributed by atoms with Gasteiger partial charge in [0.2, 0.25) is 5.91 Å². The minimum Gasteiger partial charge on any atom is -0.394 e. The minimum absolute atomic E-state index is 0.260. The molecule has 0 saturated carbocycles. The lowest BCUT2D eigenvalue weighted by Gasteiger charge is -2.46. The SMILES string of the molecule is CC/C=C\C/C=C\C/C=C\C/C=C\C/C=C\C/C=C\C/C=C\C/C=C\CCCCCCCCCCCCCCCCCCC(=O)NC(COC1OC(CO)C(OC2OC(CO)C(O)C(O)C2O)C(O)C1O)C(O)/C=C/CC/C=C/CC/C=C/CC. The van der Waals surface area contributed by atoms with E-state index in [9.17, 15) is 45.6 Å². The summed E-state index contributed by atoms with van der Waals surface area (Å²) in [6, 6.07) is -0.943. The molecule has 2 aliphatic heterocycles. The van der Waals surface area contributed by atoms with Crippen molar-refractivity contribution in [1.29, 1.82) is 0 Å². The Labute approximate surface area is 513 Å². The quantitative estimate of drug-likeness (QED) is 0.0204. The summed E-state index contributed by atoms with van der Waals surface area (Å²) in [6.45, 7) is 2.51. The fraction of sp³-hybridized carbons (Fsp3) is 0.676. The normalized spacial score (nSPS) is 24.4. The standard InChI is InChI=1S/C71H117NO13/c1-3-5-7-9-11-13-15-16-17-18-19-20-21-22-23-24-25-26-27-28-29-30-31-32-33-34-35-36-37-38-39-40-41-42-43-44-45-47-49-51-53-55-63(76)72-59(60(75)54-52-50-48-46-14-12-10-8-6-4-2)58-82-70-68(81)66(79)69(62(57-74)84-70)85-71-67(80)65(78)64(77)61(56-73)83-71/h5-8,11,13-14,16-17,19-20,22-23,25-26,28-29,31-32,46,52,54,59-62,64-71,73-75,77-81H,3-4,9-10,12,15,18,21,24,27,30,33-45,47-51,53,55-58H2,1-2H3,(H,72,76)/b7-5-,8-6+,13-11-,17-16-,20-19-,23-22-,26-25-,29-28-,32-31-,46-14+,54-52+. The molecule has 2 heterocycles. The lowest BCUT2D eigenvalue weighted by molar-refractivity contribution is -0.359. The van der Waals surface area contributed by atoms with Crippen molar-refractivity contribution < 1.29 is 64.6 Å². The van der Waals surface area contributed by atoms with Crippen molar-refractivity contribution in [2.45, 2.75) is 286 Å². The van der Waals surface area contributed by atoms with Crippen molar-refractivity contribution >= 4 is 5.91 Å². The maximum Gasteiger partial charge on any atom is 0.220 e. The minimum atomic E-state index is -1.80. The fourth-order valence-corrected chi connectivity index (χ4v) is 9.88. The van der Waals surface area contributed by atoms with Crippen LogP contribution in [0.1, 0.15) is 213 Å². The molecule has 2 fully saturated rings.